The van der Waals surface area contributed by atoms with Gasteiger partial charge in [0, 0.05) is 31.3 Å². The molecule has 0 aliphatic heterocycles. The van der Waals surface area contributed by atoms with Crippen LogP contribution in [0.2, 0.25) is 0 Å². The topological polar surface area (TPSA) is 41.1 Å². The van der Waals surface area contributed by atoms with Crippen molar-refractivity contribution in [3.8, 4) is 12.3 Å². The number of benzene rings is 1. The third-order valence-corrected chi connectivity index (χ3v) is 1.99. The van der Waals surface area contributed by atoms with Crippen molar-refractivity contribution in [2.45, 2.75) is 6.42 Å². The van der Waals surface area contributed by atoms with Crippen molar-refractivity contribution < 1.29 is 4.79 Å². The minimum Gasteiger partial charge on any atom is -0.388 e. The highest BCUT2D eigenvalue weighted by molar-refractivity contribution is 5.94. The van der Waals surface area contributed by atoms with Gasteiger partial charge in [-0.2, -0.15) is 0 Å². The van der Waals surface area contributed by atoms with Crippen molar-refractivity contribution in [2.24, 2.45) is 0 Å². The van der Waals surface area contributed by atoms with Crippen LogP contribution in [0.5, 0.6) is 0 Å². The fraction of sp³-hybridized carbons (Fsp3) is 0.250. The van der Waals surface area contributed by atoms with Crippen LogP contribution in [-0.4, -0.2) is 19.5 Å². The van der Waals surface area contributed by atoms with Gasteiger partial charge < -0.3 is 10.6 Å². The van der Waals surface area contributed by atoms with Gasteiger partial charge in [0.2, 0.25) is 0 Å². The van der Waals surface area contributed by atoms with E-state index in [1.807, 2.05) is 19.2 Å². The zero-order valence-electron chi connectivity index (χ0n) is 8.71. The highest BCUT2D eigenvalue weighted by atomic mass is 16.1. The number of terminal acetylenes is 1. The summed E-state index contributed by atoms with van der Waals surface area (Å²) in [6.07, 6.45) is 5.64. The number of nitrogens with one attached hydrogen (secondary N) is 2. The van der Waals surface area contributed by atoms with Gasteiger partial charge in [0.15, 0.2) is 0 Å². The first kappa shape index (κ1) is 11.1. The molecule has 0 bridgehead atoms. The van der Waals surface area contributed by atoms with E-state index in [1.165, 1.54) is 0 Å². The number of rotatable bonds is 4. The molecular formula is C12H14N2O. The number of hydrogen-bond acceptors (Lipinski definition) is 2. The molecule has 0 spiro atoms. The van der Waals surface area contributed by atoms with Crippen LogP contribution in [0.4, 0.5) is 5.69 Å². The van der Waals surface area contributed by atoms with Gasteiger partial charge in [-0.3, -0.25) is 4.79 Å². The SMILES string of the molecule is C#CCCNC(=O)c1ccc(NC)cc1. The molecule has 1 amide bonds. The molecule has 0 atom stereocenters. The molecular weight excluding hydrogens is 188 g/mol. The molecule has 0 fully saturated rings. The van der Waals surface area contributed by atoms with E-state index in [9.17, 15) is 4.79 Å². The van der Waals surface area contributed by atoms with Gasteiger partial charge in [0.25, 0.3) is 5.91 Å². The van der Waals surface area contributed by atoms with Crippen LogP contribution in [0.3, 0.4) is 0 Å². The predicted molar refractivity (Wildman–Crippen MR) is 61.8 cm³/mol. The quantitative estimate of drug-likeness (QED) is 0.573. The molecule has 1 rings (SSSR count). The lowest BCUT2D eigenvalue weighted by atomic mass is 10.2. The zero-order chi connectivity index (χ0) is 11.1. The second kappa shape index (κ2) is 5.71. The van der Waals surface area contributed by atoms with Crippen LogP contribution in [-0.2, 0) is 0 Å². The highest BCUT2D eigenvalue weighted by Crippen LogP contribution is 2.08. The average molecular weight is 202 g/mol. The van der Waals surface area contributed by atoms with Crippen LogP contribution < -0.4 is 10.6 Å². The van der Waals surface area contributed by atoms with E-state index in [4.69, 9.17) is 6.42 Å². The maximum atomic E-state index is 11.5. The number of carbonyl (C=O) groups is 1. The van der Waals surface area contributed by atoms with Crippen molar-refractivity contribution in [1.29, 1.82) is 0 Å². The number of anilines is 1. The second-order valence-electron chi connectivity index (χ2n) is 3.04. The summed E-state index contributed by atoms with van der Waals surface area (Å²) in [4.78, 5) is 11.5. The lowest BCUT2D eigenvalue weighted by molar-refractivity contribution is 0.0954. The Balaban J connectivity index is 2.55. The normalized spacial score (nSPS) is 9.07. The minimum atomic E-state index is -0.0899. The van der Waals surface area contributed by atoms with Gasteiger partial charge >= 0.3 is 0 Å². The Morgan fingerprint density at radius 1 is 1.40 bits per heavy atom. The minimum absolute atomic E-state index is 0.0899. The molecule has 0 aliphatic carbocycles. The van der Waals surface area contributed by atoms with Crippen molar-refractivity contribution in [3.05, 3.63) is 29.8 Å². The smallest absolute Gasteiger partial charge is 0.251 e. The third-order valence-electron chi connectivity index (χ3n) is 1.99. The van der Waals surface area contributed by atoms with Crippen LogP contribution in [0.25, 0.3) is 0 Å². The average Bonchev–Trinajstić information content (AvgIpc) is 2.29. The molecule has 0 radical (unpaired) electrons. The Kier molecular flexibility index (Phi) is 4.24. The van der Waals surface area contributed by atoms with Gasteiger partial charge in [-0.05, 0) is 24.3 Å². The van der Waals surface area contributed by atoms with Crippen LogP contribution in [0, 0.1) is 12.3 Å². The van der Waals surface area contributed by atoms with E-state index >= 15 is 0 Å². The summed E-state index contributed by atoms with van der Waals surface area (Å²) >= 11 is 0. The lowest BCUT2D eigenvalue weighted by Crippen LogP contribution is -2.24. The molecule has 0 aromatic heterocycles. The van der Waals surface area contributed by atoms with Crippen molar-refractivity contribution in [2.75, 3.05) is 18.9 Å². The summed E-state index contributed by atoms with van der Waals surface area (Å²) in [5.41, 5.74) is 1.63. The zero-order valence-corrected chi connectivity index (χ0v) is 8.71. The largest absolute Gasteiger partial charge is 0.388 e. The van der Waals surface area contributed by atoms with E-state index in [2.05, 4.69) is 16.6 Å². The molecule has 0 heterocycles. The fourth-order valence-corrected chi connectivity index (χ4v) is 1.14. The Hall–Kier alpha value is -1.95. The number of amides is 1. The molecule has 3 heteroatoms. The Morgan fingerprint density at radius 2 is 2.07 bits per heavy atom. The standard InChI is InChI=1S/C12H14N2O/c1-3-4-9-14-12(15)10-5-7-11(13-2)8-6-10/h1,5-8,13H,4,9H2,2H3,(H,14,15). The van der Waals surface area contributed by atoms with Crippen LogP contribution >= 0.6 is 0 Å². The maximum Gasteiger partial charge on any atom is 0.251 e. The second-order valence-corrected chi connectivity index (χ2v) is 3.04. The molecule has 2 N–H and O–H groups in total. The molecule has 0 aliphatic rings. The van der Waals surface area contributed by atoms with E-state index in [0.717, 1.165) is 5.69 Å². The molecule has 3 nitrogen and oxygen atoms in total. The van der Waals surface area contributed by atoms with Crippen molar-refractivity contribution in [1.82, 2.24) is 5.32 Å². The van der Waals surface area contributed by atoms with E-state index in [0.29, 0.717) is 18.5 Å². The summed E-state index contributed by atoms with van der Waals surface area (Å²) in [7, 11) is 1.84. The summed E-state index contributed by atoms with van der Waals surface area (Å²) in [6, 6.07) is 7.26. The summed E-state index contributed by atoms with van der Waals surface area (Å²) < 4.78 is 0. The van der Waals surface area contributed by atoms with Gasteiger partial charge in [0.05, 0.1) is 0 Å². The molecule has 1 aromatic carbocycles. The molecule has 0 unspecified atom stereocenters. The lowest BCUT2D eigenvalue weighted by Gasteiger charge is -2.04. The summed E-state index contributed by atoms with van der Waals surface area (Å²) in [5, 5.41) is 5.72. The fourth-order valence-electron chi connectivity index (χ4n) is 1.14. The Labute approximate surface area is 89.9 Å². The van der Waals surface area contributed by atoms with Gasteiger partial charge in [0.1, 0.15) is 0 Å². The summed E-state index contributed by atoms with van der Waals surface area (Å²) in [6.45, 7) is 0.517. The molecule has 0 saturated carbocycles. The van der Waals surface area contributed by atoms with Crippen molar-refractivity contribution >= 4 is 11.6 Å². The Morgan fingerprint density at radius 3 is 2.60 bits per heavy atom. The molecule has 0 saturated heterocycles. The van der Waals surface area contributed by atoms with Gasteiger partial charge in [-0.25, -0.2) is 0 Å². The Bertz CT molecular complexity index is 362. The molecule has 15 heavy (non-hydrogen) atoms. The molecule has 78 valence electrons. The molecule has 1 aromatic rings. The number of hydrogen-bond donors (Lipinski definition) is 2. The first-order chi connectivity index (χ1) is 7.27. The maximum absolute atomic E-state index is 11.5. The predicted octanol–water partition coefficient (Wildman–Crippen LogP) is 1.48. The van der Waals surface area contributed by atoms with Crippen molar-refractivity contribution in [3.63, 3.8) is 0 Å². The van der Waals surface area contributed by atoms with Crippen LogP contribution in [0.1, 0.15) is 16.8 Å². The van der Waals surface area contributed by atoms with E-state index < -0.39 is 0 Å². The van der Waals surface area contributed by atoms with Gasteiger partial charge in [-0.15, -0.1) is 12.3 Å². The van der Waals surface area contributed by atoms with E-state index in [1.54, 1.807) is 12.1 Å². The highest BCUT2D eigenvalue weighted by Gasteiger charge is 2.03. The first-order valence-corrected chi connectivity index (χ1v) is 4.77. The first-order valence-electron chi connectivity index (χ1n) is 4.77. The van der Waals surface area contributed by atoms with E-state index in [-0.39, 0.29) is 5.91 Å². The summed E-state index contributed by atoms with van der Waals surface area (Å²) in [5.74, 6) is 2.38. The number of carbonyl (C=O) groups excluding carboxylic acids is 1. The van der Waals surface area contributed by atoms with Crippen LogP contribution in [0.15, 0.2) is 24.3 Å². The third kappa shape index (κ3) is 3.35. The van der Waals surface area contributed by atoms with Gasteiger partial charge in [-0.1, -0.05) is 0 Å². The monoisotopic (exact) mass is 202 g/mol.